The summed E-state index contributed by atoms with van der Waals surface area (Å²) in [6.45, 7) is 8.50. The van der Waals surface area contributed by atoms with Gasteiger partial charge in [-0.05, 0) is 32.4 Å². The molecule has 0 bridgehead atoms. The number of anilines is 1. The molecule has 0 aromatic carbocycles. The minimum Gasteiger partial charge on any atom is -0.372 e. The number of ether oxygens (including phenoxy) is 1. The molecule has 8 heteroatoms. The molecule has 3 rings (SSSR count). The summed E-state index contributed by atoms with van der Waals surface area (Å²) < 4.78 is 7.38. The van der Waals surface area contributed by atoms with E-state index in [2.05, 4.69) is 29.0 Å². The Hall–Kier alpha value is -2.19. The highest BCUT2D eigenvalue weighted by molar-refractivity contribution is 7.07. The summed E-state index contributed by atoms with van der Waals surface area (Å²) in [6, 6.07) is 3.97. The monoisotopic (exact) mass is 390 g/mol. The van der Waals surface area contributed by atoms with E-state index in [9.17, 15) is 9.59 Å². The van der Waals surface area contributed by atoms with Crippen molar-refractivity contribution < 1.29 is 9.53 Å². The van der Waals surface area contributed by atoms with Crippen molar-refractivity contribution in [1.82, 2.24) is 14.9 Å². The minimum atomic E-state index is -0.0765. The third-order valence-electron chi connectivity index (χ3n) is 4.58. The molecule has 146 valence electrons. The van der Waals surface area contributed by atoms with Crippen LogP contribution in [0.5, 0.6) is 0 Å². The van der Waals surface area contributed by atoms with E-state index in [1.807, 2.05) is 24.4 Å². The Bertz CT molecular complexity index is 820. The molecule has 3 heterocycles. The van der Waals surface area contributed by atoms with Gasteiger partial charge in [0.05, 0.1) is 12.2 Å². The maximum atomic E-state index is 12.1. The van der Waals surface area contributed by atoms with Gasteiger partial charge in [-0.1, -0.05) is 17.4 Å². The molecule has 27 heavy (non-hydrogen) atoms. The van der Waals surface area contributed by atoms with E-state index in [0.29, 0.717) is 13.1 Å². The fourth-order valence-electron chi connectivity index (χ4n) is 3.25. The molecule has 0 saturated carbocycles. The van der Waals surface area contributed by atoms with Crippen LogP contribution in [0.3, 0.4) is 0 Å². The number of thiazole rings is 1. The number of rotatable bonds is 6. The Morgan fingerprint density at radius 1 is 1.33 bits per heavy atom. The zero-order valence-electron chi connectivity index (χ0n) is 16.0. The number of hydrogen-bond donors (Lipinski definition) is 1. The van der Waals surface area contributed by atoms with Crippen molar-refractivity contribution in [3.05, 3.63) is 44.6 Å². The number of hydrogen-bond acceptors (Lipinski definition) is 6. The molecule has 1 aliphatic heterocycles. The number of pyridine rings is 1. The summed E-state index contributed by atoms with van der Waals surface area (Å²) in [4.78, 5) is 30.5. The summed E-state index contributed by atoms with van der Waals surface area (Å²) in [5.74, 6) is 0.854. The van der Waals surface area contributed by atoms with E-state index in [1.54, 1.807) is 10.8 Å². The number of morpholine rings is 1. The highest BCUT2D eigenvalue weighted by Gasteiger charge is 2.22. The Labute approximate surface area is 163 Å². The highest BCUT2D eigenvalue weighted by Crippen LogP contribution is 2.18. The molecule has 1 N–H and O–H groups in total. The van der Waals surface area contributed by atoms with E-state index in [-0.39, 0.29) is 29.4 Å². The van der Waals surface area contributed by atoms with Crippen LogP contribution in [0.25, 0.3) is 0 Å². The van der Waals surface area contributed by atoms with Crippen molar-refractivity contribution in [2.24, 2.45) is 0 Å². The molecule has 1 saturated heterocycles. The van der Waals surface area contributed by atoms with Crippen LogP contribution in [-0.4, -0.2) is 40.8 Å². The summed E-state index contributed by atoms with van der Waals surface area (Å²) in [5.41, 5.74) is 1.84. The summed E-state index contributed by atoms with van der Waals surface area (Å²) >= 11 is 1.16. The summed E-state index contributed by atoms with van der Waals surface area (Å²) in [6.07, 6.45) is 2.46. The first-order chi connectivity index (χ1) is 12.9. The van der Waals surface area contributed by atoms with Crippen molar-refractivity contribution >= 4 is 23.1 Å². The zero-order chi connectivity index (χ0) is 19.4. The maximum Gasteiger partial charge on any atom is 0.307 e. The van der Waals surface area contributed by atoms with Crippen LogP contribution in [0.15, 0.2) is 28.5 Å². The molecule has 0 aliphatic carbocycles. The van der Waals surface area contributed by atoms with Crippen LogP contribution in [0.1, 0.15) is 31.5 Å². The van der Waals surface area contributed by atoms with Gasteiger partial charge >= 0.3 is 4.87 Å². The smallest absolute Gasteiger partial charge is 0.307 e. The Kier molecular flexibility index (Phi) is 6.28. The molecule has 0 radical (unpaired) electrons. The van der Waals surface area contributed by atoms with Gasteiger partial charge in [0.2, 0.25) is 5.91 Å². The van der Waals surface area contributed by atoms with Gasteiger partial charge in [-0.15, -0.1) is 0 Å². The molecule has 7 nitrogen and oxygen atoms in total. The molecular formula is C19H26N4O3S. The SMILES string of the molecule is Cc1csc(=O)n1CCC(=O)NCc1ccc(N2C[C@@H](C)O[C@@H](C)C2)nc1. The van der Waals surface area contributed by atoms with E-state index in [4.69, 9.17) is 4.74 Å². The lowest BCUT2D eigenvalue weighted by molar-refractivity contribution is -0.121. The van der Waals surface area contributed by atoms with Gasteiger partial charge in [0, 0.05) is 49.9 Å². The standard InChI is InChI=1S/C19H26N4O3S/c1-13-12-27-19(25)23(13)7-6-18(24)21-9-16-4-5-17(20-8-16)22-10-14(2)26-15(3)11-22/h4-5,8,12,14-15H,6-7,9-11H2,1-3H3,(H,21,24)/t14-,15+. The third-order valence-corrected chi connectivity index (χ3v) is 5.46. The van der Waals surface area contributed by atoms with Crippen LogP contribution in [0, 0.1) is 6.92 Å². The van der Waals surface area contributed by atoms with Gasteiger partial charge in [0.1, 0.15) is 5.82 Å². The van der Waals surface area contributed by atoms with Crippen molar-refractivity contribution in [3.63, 3.8) is 0 Å². The molecule has 0 spiro atoms. The molecule has 2 atom stereocenters. The van der Waals surface area contributed by atoms with E-state index >= 15 is 0 Å². The fourth-order valence-corrected chi connectivity index (χ4v) is 4.01. The van der Waals surface area contributed by atoms with Crippen molar-refractivity contribution in [2.75, 3.05) is 18.0 Å². The van der Waals surface area contributed by atoms with Crippen molar-refractivity contribution in [3.8, 4) is 0 Å². The average molecular weight is 391 g/mol. The van der Waals surface area contributed by atoms with Crippen LogP contribution < -0.4 is 15.1 Å². The van der Waals surface area contributed by atoms with Crippen molar-refractivity contribution in [1.29, 1.82) is 0 Å². The number of carbonyl (C=O) groups is 1. The molecule has 2 aromatic heterocycles. The predicted octanol–water partition coefficient (Wildman–Crippen LogP) is 1.93. The van der Waals surface area contributed by atoms with Gasteiger partial charge < -0.3 is 19.5 Å². The van der Waals surface area contributed by atoms with Gasteiger partial charge in [0.15, 0.2) is 0 Å². The lowest BCUT2D eigenvalue weighted by Gasteiger charge is -2.36. The minimum absolute atomic E-state index is 0.0214. The second-order valence-corrected chi connectivity index (χ2v) is 7.83. The van der Waals surface area contributed by atoms with Crippen LogP contribution in [-0.2, 0) is 22.6 Å². The topological polar surface area (TPSA) is 76.5 Å². The normalized spacial score (nSPS) is 19.9. The van der Waals surface area contributed by atoms with E-state index in [1.165, 1.54) is 0 Å². The quantitative estimate of drug-likeness (QED) is 0.816. The lowest BCUT2D eigenvalue weighted by atomic mass is 10.2. The number of aryl methyl sites for hydroxylation is 1. The van der Waals surface area contributed by atoms with Gasteiger partial charge in [0.25, 0.3) is 0 Å². The largest absolute Gasteiger partial charge is 0.372 e. The fraction of sp³-hybridized carbons (Fsp3) is 0.526. The molecule has 2 aromatic rings. The van der Waals surface area contributed by atoms with Crippen LogP contribution in [0.2, 0.25) is 0 Å². The first-order valence-corrected chi connectivity index (χ1v) is 10.1. The average Bonchev–Trinajstić information content (AvgIpc) is 2.96. The Balaban J connectivity index is 1.48. The van der Waals surface area contributed by atoms with Gasteiger partial charge in [-0.3, -0.25) is 9.59 Å². The zero-order valence-corrected chi connectivity index (χ0v) is 16.8. The molecule has 1 aliphatic rings. The van der Waals surface area contributed by atoms with Gasteiger partial charge in [-0.2, -0.15) is 0 Å². The molecule has 0 unspecified atom stereocenters. The number of aromatic nitrogens is 2. The Morgan fingerprint density at radius 2 is 2.07 bits per heavy atom. The summed E-state index contributed by atoms with van der Waals surface area (Å²) in [5, 5.41) is 4.70. The third kappa shape index (κ3) is 5.17. The van der Waals surface area contributed by atoms with Gasteiger partial charge in [-0.25, -0.2) is 4.98 Å². The maximum absolute atomic E-state index is 12.1. The predicted molar refractivity (Wildman–Crippen MR) is 106 cm³/mol. The molecular weight excluding hydrogens is 364 g/mol. The van der Waals surface area contributed by atoms with Crippen LogP contribution >= 0.6 is 11.3 Å². The molecule has 1 fully saturated rings. The first-order valence-electron chi connectivity index (χ1n) is 9.19. The number of nitrogens with zero attached hydrogens (tertiary/aromatic N) is 3. The highest BCUT2D eigenvalue weighted by atomic mass is 32.1. The first kappa shape index (κ1) is 19.6. The van der Waals surface area contributed by atoms with Crippen LogP contribution in [0.4, 0.5) is 5.82 Å². The second kappa shape index (κ2) is 8.67. The number of amides is 1. The number of nitrogens with one attached hydrogen (secondary N) is 1. The molecule has 1 amide bonds. The Morgan fingerprint density at radius 3 is 2.67 bits per heavy atom. The van der Waals surface area contributed by atoms with Crippen molar-refractivity contribution in [2.45, 2.75) is 52.5 Å². The van der Waals surface area contributed by atoms with E-state index in [0.717, 1.165) is 41.5 Å². The second-order valence-electron chi connectivity index (χ2n) is 7.01. The number of carbonyl (C=O) groups excluding carboxylic acids is 1. The summed E-state index contributed by atoms with van der Waals surface area (Å²) in [7, 11) is 0. The van der Waals surface area contributed by atoms with E-state index < -0.39 is 0 Å². The lowest BCUT2D eigenvalue weighted by Crippen LogP contribution is -2.45.